The molecule has 0 atom stereocenters. The molecule has 2 heterocycles. The lowest BCUT2D eigenvalue weighted by Crippen LogP contribution is -2.20. The summed E-state index contributed by atoms with van der Waals surface area (Å²) in [5, 5.41) is 11.1. The van der Waals surface area contributed by atoms with Crippen molar-refractivity contribution in [2.45, 2.75) is 56.5 Å². The molecule has 0 aliphatic heterocycles. The summed E-state index contributed by atoms with van der Waals surface area (Å²) in [4.78, 5) is 24.3. The molecule has 31 heavy (non-hydrogen) atoms. The van der Waals surface area contributed by atoms with Crippen molar-refractivity contribution in [2.24, 2.45) is 0 Å². The van der Waals surface area contributed by atoms with Gasteiger partial charge in [-0.3, -0.25) is 9.89 Å². The first-order valence-electron chi connectivity index (χ1n) is 10.6. The molecule has 0 aliphatic carbocycles. The second-order valence-electron chi connectivity index (χ2n) is 7.55. The van der Waals surface area contributed by atoms with Crippen LogP contribution in [0.4, 0.5) is 17.5 Å². The highest BCUT2D eigenvalue weighted by Crippen LogP contribution is 2.29. The first-order valence-corrected chi connectivity index (χ1v) is 11.5. The molecule has 0 bridgehead atoms. The van der Waals surface area contributed by atoms with Crippen LogP contribution in [0.2, 0.25) is 0 Å². The van der Waals surface area contributed by atoms with Gasteiger partial charge in [0.2, 0.25) is 0 Å². The Morgan fingerprint density at radius 3 is 2.55 bits per heavy atom. The predicted molar refractivity (Wildman–Crippen MR) is 126 cm³/mol. The van der Waals surface area contributed by atoms with E-state index in [9.17, 15) is 4.79 Å². The summed E-state index contributed by atoms with van der Waals surface area (Å²) < 4.78 is 0. The Balaban J connectivity index is 1.81. The molecule has 0 spiro atoms. The molecule has 8 heteroatoms. The number of aromatic nitrogens is 4. The quantitative estimate of drug-likeness (QED) is 0.400. The summed E-state index contributed by atoms with van der Waals surface area (Å²) in [6.07, 6.45) is 3.27. The van der Waals surface area contributed by atoms with Gasteiger partial charge in [0, 0.05) is 49.2 Å². The minimum Gasteiger partial charge on any atom is -0.359 e. The van der Waals surface area contributed by atoms with Crippen LogP contribution in [0.3, 0.4) is 0 Å². The maximum absolute atomic E-state index is 11.7. The van der Waals surface area contributed by atoms with Crippen molar-refractivity contribution in [3.63, 3.8) is 0 Å². The summed E-state index contributed by atoms with van der Waals surface area (Å²) in [6.45, 7) is 6.96. The molecule has 0 saturated heterocycles. The molecule has 1 aromatic carbocycles. The summed E-state index contributed by atoms with van der Waals surface area (Å²) in [6, 6.07) is 11.9. The lowest BCUT2D eigenvalue weighted by Gasteiger charge is -2.19. The van der Waals surface area contributed by atoms with Crippen molar-refractivity contribution < 1.29 is 4.79 Å². The van der Waals surface area contributed by atoms with Crippen LogP contribution in [0.25, 0.3) is 0 Å². The Morgan fingerprint density at radius 2 is 1.90 bits per heavy atom. The van der Waals surface area contributed by atoms with E-state index in [0.717, 1.165) is 47.2 Å². The Hall–Kier alpha value is -2.87. The lowest BCUT2D eigenvalue weighted by molar-refractivity contribution is -0.118. The van der Waals surface area contributed by atoms with Gasteiger partial charge in [0.05, 0.1) is 0 Å². The van der Waals surface area contributed by atoms with Crippen LogP contribution in [0.5, 0.6) is 0 Å². The van der Waals surface area contributed by atoms with Gasteiger partial charge in [0.25, 0.3) is 0 Å². The third kappa shape index (κ3) is 6.82. The molecule has 0 saturated carbocycles. The molecule has 3 aromatic rings. The fraction of sp³-hybridized carbons (Fsp3) is 0.391. The minimum atomic E-state index is 0.246. The maximum atomic E-state index is 11.7. The zero-order valence-electron chi connectivity index (χ0n) is 18.6. The third-order valence-electron chi connectivity index (χ3n) is 4.82. The number of rotatable bonds is 11. The van der Waals surface area contributed by atoms with Crippen LogP contribution in [-0.4, -0.2) is 39.5 Å². The number of H-pyrrole nitrogens is 1. The standard InChI is InChI=1S/C23H30N6OS/c1-5-7-12-29(4)22-15-20(24-21-13-16(3)27-28-21)25-23(26-22)31-19-10-8-17(9-11-19)14-18(30)6-2/h8-11,13,15H,5-7,12,14H2,1-4H3,(H2,24,25,26,27,28). The van der Waals surface area contributed by atoms with Crippen molar-refractivity contribution >= 4 is 35.0 Å². The summed E-state index contributed by atoms with van der Waals surface area (Å²) in [5.74, 6) is 2.54. The van der Waals surface area contributed by atoms with E-state index in [0.29, 0.717) is 23.8 Å². The summed E-state index contributed by atoms with van der Waals surface area (Å²) in [5.41, 5.74) is 2.01. The van der Waals surface area contributed by atoms with Crippen molar-refractivity contribution in [3.05, 3.63) is 47.7 Å². The van der Waals surface area contributed by atoms with E-state index in [4.69, 9.17) is 4.98 Å². The highest BCUT2D eigenvalue weighted by Gasteiger charge is 2.11. The summed E-state index contributed by atoms with van der Waals surface area (Å²) in [7, 11) is 2.05. The Labute approximate surface area is 188 Å². The third-order valence-corrected chi connectivity index (χ3v) is 5.69. The highest BCUT2D eigenvalue weighted by molar-refractivity contribution is 7.99. The van der Waals surface area contributed by atoms with E-state index in [1.165, 1.54) is 11.8 Å². The Bertz CT molecular complexity index is 1000. The number of hydrogen-bond donors (Lipinski definition) is 2. The number of unbranched alkanes of at least 4 members (excludes halogenated alkanes) is 1. The molecule has 0 aliphatic rings. The SMILES string of the molecule is CCCCN(C)c1cc(Nc2cc(C)[nH]n2)nc(Sc2ccc(CC(=O)CC)cc2)n1. The Morgan fingerprint density at radius 1 is 1.13 bits per heavy atom. The second kappa shape index (κ2) is 10.9. The first-order chi connectivity index (χ1) is 15.0. The fourth-order valence-corrected chi connectivity index (χ4v) is 3.74. The van der Waals surface area contributed by atoms with E-state index in [1.807, 2.05) is 50.2 Å². The van der Waals surface area contributed by atoms with E-state index in [-0.39, 0.29) is 5.78 Å². The number of anilines is 3. The minimum absolute atomic E-state index is 0.246. The highest BCUT2D eigenvalue weighted by atomic mass is 32.2. The van der Waals surface area contributed by atoms with Gasteiger partial charge < -0.3 is 10.2 Å². The molecular weight excluding hydrogens is 408 g/mol. The topological polar surface area (TPSA) is 86.8 Å². The van der Waals surface area contributed by atoms with Crippen LogP contribution >= 0.6 is 11.8 Å². The van der Waals surface area contributed by atoms with Gasteiger partial charge in [-0.2, -0.15) is 5.10 Å². The number of carbonyl (C=O) groups excluding carboxylic acids is 1. The van der Waals surface area contributed by atoms with Gasteiger partial charge in [-0.05, 0) is 42.8 Å². The molecule has 0 unspecified atom stereocenters. The number of nitrogens with zero attached hydrogens (tertiary/aromatic N) is 4. The summed E-state index contributed by atoms with van der Waals surface area (Å²) >= 11 is 1.50. The molecule has 164 valence electrons. The van der Waals surface area contributed by atoms with E-state index >= 15 is 0 Å². The zero-order valence-corrected chi connectivity index (χ0v) is 19.4. The fourth-order valence-electron chi connectivity index (χ4n) is 2.97. The number of ketones is 1. The molecular formula is C23H30N6OS. The maximum Gasteiger partial charge on any atom is 0.196 e. The van der Waals surface area contributed by atoms with Gasteiger partial charge in [-0.1, -0.05) is 32.4 Å². The average Bonchev–Trinajstić information content (AvgIpc) is 3.17. The normalized spacial score (nSPS) is 10.8. The number of Topliss-reactive ketones (excluding diaryl/α,β-unsaturated/α-hetero) is 1. The van der Waals surface area contributed by atoms with E-state index in [1.54, 1.807) is 0 Å². The van der Waals surface area contributed by atoms with Crippen LogP contribution in [0.15, 0.2) is 46.5 Å². The molecule has 0 radical (unpaired) electrons. The largest absolute Gasteiger partial charge is 0.359 e. The van der Waals surface area contributed by atoms with Gasteiger partial charge >= 0.3 is 0 Å². The molecule has 3 rings (SSSR count). The van der Waals surface area contributed by atoms with Crippen molar-refractivity contribution in [1.29, 1.82) is 0 Å². The van der Waals surface area contributed by atoms with Crippen molar-refractivity contribution in [1.82, 2.24) is 20.2 Å². The lowest BCUT2D eigenvalue weighted by atomic mass is 10.1. The van der Waals surface area contributed by atoms with Crippen LogP contribution in [-0.2, 0) is 11.2 Å². The number of hydrogen-bond acceptors (Lipinski definition) is 7. The van der Waals surface area contributed by atoms with E-state index in [2.05, 4.69) is 39.4 Å². The van der Waals surface area contributed by atoms with Gasteiger partial charge in [0.1, 0.15) is 17.4 Å². The second-order valence-corrected chi connectivity index (χ2v) is 8.59. The number of benzene rings is 1. The molecule has 2 aromatic heterocycles. The van der Waals surface area contributed by atoms with Gasteiger partial charge in [-0.15, -0.1) is 0 Å². The number of aryl methyl sites for hydroxylation is 1. The molecule has 2 N–H and O–H groups in total. The number of nitrogens with one attached hydrogen (secondary N) is 2. The van der Waals surface area contributed by atoms with Crippen molar-refractivity contribution in [3.8, 4) is 0 Å². The van der Waals surface area contributed by atoms with Crippen molar-refractivity contribution in [2.75, 3.05) is 23.8 Å². The molecule has 0 fully saturated rings. The van der Waals surface area contributed by atoms with Crippen LogP contribution in [0, 0.1) is 6.92 Å². The van der Waals surface area contributed by atoms with Crippen LogP contribution < -0.4 is 10.2 Å². The molecule has 7 nitrogen and oxygen atoms in total. The average molecular weight is 439 g/mol. The van der Waals surface area contributed by atoms with Gasteiger partial charge in [-0.25, -0.2) is 9.97 Å². The smallest absolute Gasteiger partial charge is 0.196 e. The number of carbonyl (C=O) groups is 1. The predicted octanol–water partition coefficient (Wildman–Crippen LogP) is 5.16. The van der Waals surface area contributed by atoms with Gasteiger partial charge in [0.15, 0.2) is 11.0 Å². The monoisotopic (exact) mass is 438 g/mol. The zero-order chi connectivity index (χ0) is 22.2. The molecule has 0 amide bonds. The Kier molecular flexibility index (Phi) is 8.06. The first kappa shape index (κ1) is 22.8. The van der Waals surface area contributed by atoms with Crippen LogP contribution in [0.1, 0.15) is 44.4 Å². The number of aromatic amines is 1. The van der Waals surface area contributed by atoms with E-state index < -0.39 is 0 Å².